The third-order valence-electron chi connectivity index (χ3n) is 3.52. The average molecular weight is 210 g/mol. The maximum Gasteiger partial charge on any atom is 0.232 e. The summed E-state index contributed by atoms with van der Waals surface area (Å²) in [6, 6.07) is -0.0550. The van der Waals surface area contributed by atoms with Gasteiger partial charge in [0.15, 0.2) is 0 Å². The fourth-order valence-corrected chi connectivity index (χ4v) is 2.62. The zero-order valence-corrected chi connectivity index (χ0v) is 9.11. The van der Waals surface area contributed by atoms with Crippen LogP contribution in [0.5, 0.6) is 0 Å². The molecule has 0 aromatic heterocycles. The largest absolute Gasteiger partial charge is 0.326 e. The summed E-state index contributed by atoms with van der Waals surface area (Å²) in [6.45, 7) is 1.81. The van der Waals surface area contributed by atoms with Gasteiger partial charge in [-0.05, 0) is 12.8 Å². The Balaban J connectivity index is 2.15. The molecule has 1 heterocycles. The molecule has 15 heavy (non-hydrogen) atoms. The van der Waals surface area contributed by atoms with E-state index < -0.39 is 0 Å². The number of hydrogen-bond acceptors (Lipinski definition) is 3. The van der Waals surface area contributed by atoms with Crippen LogP contribution >= 0.6 is 0 Å². The number of nitrogens with zero attached hydrogens (tertiary/aromatic N) is 1. The molecule has 1 saturated heterocycles. The molecule has 84 valence electrons. The molecular formula is C11H18N2O2. The third kappa shape index (κ3) is 1.78. The van der Waals surface area contributed by atoms with E-state index in [2.05, 4.69) is 0 Å². The van der Waals surface area contributed by atoms with Crippen LogP contribution in [0.1, 0.15) is 39.0 Å². The topological polar surface area (TPSA) is 63.4 Å². The van der Waals surface area contributed by atoms with E-state index in [9.17, 15) is 9.59 Å². The van der Waals surface area contributed by atoms with Gasteiger partial charge in [0.1, 0.15) is 0 Å². The summed E-state index contributed by atoms with van der Waals surface area (Å²) in [5.74, 6) is -0.205. The van der Waals surface area contributed by atoms with Crippen molar-refractivity contribution in [2.24, 2.45) is 11.7 Å². The Bertz CT molecular complexity index is 290. The molecule has 0 aromatic rings. The van der Waals surface area contributed by atoms with Gasteiger partial charge < -0.3 is 5.73 Å². The van der Waals surface area contributed by atoms with Crippen molar-refractivity contribution >= 4 is 11.8 Å². The Labute approximate surface area is 89.8 Å². The Morgan fingerprint density at radius 2 is 1.93 bits per heavy atom. The zero-order chi connectivity index (χ0) is 11.0. The van der Waals surface area contributed by atoms with Gasteiger partial charge in [-0.15, -0.1) is 0 Å². The summed E-state index contributed by atoms with van der Waals surface area (Å²) < 4.78 is 0. The molecule has 2 aliphatic rings. The highest BCUT2D eigenvalue weighted by molar-refractivity contribution is 6.03. The molecule has 3 unspecified atom stereocenters. The summed E-state index contributed by atoms with van der Waals surface area (Å²) in [4.78, 5) is 24.9. The minimum atomic E-state index is -0.147. The van der Waals surface area contributed by atoms with Gasteiger partial charge in [0, 0.05) is 18.4 Å². The van der Waals surface area contributed by atoms with E-state index in [1.165, 1.54) is 4.90 Å². The number of likely N-dealkylation sites (tertiary alicyclic amines) is 1. The number of imide groups is 1. The minimum absolute atomic E-state index is 0.0167. The predicted octanol–water partition coefficient (Wildman–Crippen LogP) is 0.651. The molecule has 0 bridgehead atoms. The summed E-state index contributed by atoms with van der Waals surface area (Å²) in [5.41, 5.74) is 5.98. The zero-order valence-electron chi connectivity index (χ0n) is 9.11. The van der Waals surface area contributed by atoms with Crippen molar-refractivity contribution in [1.29, 1.82) is 0 Å². The monoisotopic (exact) mass is 210 g/mol. The summed E-state index contributed by atoms with van der Waals surface area (Å²) >= 11 is 0. The first-order valence-electron chi connectivity index (χ1n) is 5.72. The van der Waals surface area contributed by atoms with Gasteiger partial charge in [0.25, 0.3) is 0 Å². The maximum absolute atomic E-state index is 11.8. The Morgan fingerprint density at radius 1 is 1.27 bits per heavy atom. The van der Waals surface area contributed by atoms with Gasteiger partial charge in [0.05, 0.1) is 6.04 Å². The summed E-state index contributed by atoms with van der Waals surface area (Å²) in [7, 11) is 0. The molecule has 4 heteroatoms. The number of carbonyl (C=O) groups is 2. The molecule has 0 radical (unpaired) electrons. The normalized spacial score (nSPS) is 37.5. The number of nitrogens with two attached hydrogens (primary N) is 1. The van der Waals surface area contributed by atoms with E-state index in [0.29, 0.717) is 6.42 Å². The second-order valence-electron chi connectivity index (χ2n) is 4.72. The van der Waals surface area contributed by atoms with Crippen molar-refractivity contribution in [3.8, 4) is 0 Å². The van der Waals surface area contributed by atoms with Gasteiger partial charge in [-0.3, -0.25) is 14.5 Å². The van der Waals surface area contributed by atoms with E-state index >= 15 is 0 Å². The van der Waals surface area contributed by atoms with E-state index in [0.717, 1.165) is 25.7 Å². The van der Waals surface area contributed by atoms with Crippen LogP contribution in [-0.4, -0.2) is 28.8 Å². The lowest BCUT2D eigenvalue weighted by atomic mass is 9.90. The Kier molecular flexibility index (Phi) is 2.78. The molecule has 4 nitrogen and oxygen atoms in total. The van der Waals surface area contributed by atoms with Crippen LogP contribution in [0.2, 0.25) is 0 Å². The fourth-order valence-electron chi connectivity index (χ4n) is 2.62. The molecule has 3 atom stereocenters. The van der Waals surface area contributed by atoms with Gasteiger partial charge in [-0.1, -0.05) is 19.8 Å². The average Bonchev–Trinajstić information content (AvgIpc) is 2.43. The molecule has 1 aliphatic carbocycles. The lowest BCUT2D eigenvalue weighted by Gasteiger charge is -2.34. The van der Waals surface area contributed by atoms with E-state index in [1.807, 2.05) is 6.92 Å². The first kappa shape index (κ1) is 10.6. The second kappa shape index (κ2) is 3.93. The first-order chi connectivity index (χ1) is 7.11. The number of hydrogen-bond donors (Lipinski definition) is 1. The lowest BCUT2D eigenvalue weighted by molar-refractivity contribution is -0.143. The van der Waals surface area contributed by atoms with Crippen LogP contribution in [0.3, 0.4) is 0 Å². The van der Waals surface area contributed by atoms with Crippen molar-refractivity contribution in [2.45, 2.75) is 51.1 Å². The van der Waals surface area contributed by atoms with Crippen LogP contribution in [0, 0.1) is 5.92 Å². The predicted molar refractivity (Wildman–Crippen MR) is 55.9 cm³/mol. The minimum Gasteiger partial charge on any atom is -0.326 e. The highest BCUT2D eigenvalue weighted by Gasteiger charge is 2.42. The molecule has 2 N–H and O–H groups in total. The van der Waals surface area contributed by atoms with Crippen LogP contribution in [0.25, 0.3) is 0 Å². The van der Waals surface area contributed by atoms with Crippen LogP contribution < -0.4 is 5.73 Å². The number of carbonyl (C=O) groups excluding carboxylic acids is 2. The quantitative estimate of drug-likeness (QED) is 0.646. The standard InChI is InChI=1S/C11H18N2O2/c1-7-6-10(14)13(11(7)15)9-5-3-2-4-8(9)12/h7-9H,2-6,12H2,1H3. The van der Waals surface area contributed by atoms with Crippen molar-refractivity contribution in [3.05, 3.63) is 0 Å². The molecule has 2 amide bonds. The SMILES string of the molecule is CC1CC(=O)N(C2CCCCC2N)C1=O. The van der Waals surface area contributed by atoms with Gasteiger partial charge in [-0.25, -0.2) is 0 Å². The maximum atomic E-state index is 11.8. The first-order valence-corrected chi connectivity index (χ1v) is 5.72. The Morgan fingerprint density at radius 3 is 2.47 bits per heavy atom. The fraction of sp³-hybridized carbons (Fsp3) is 0.818. The summed E-state index contributed by atoms with van der Waals surface area (Å²) in [6.07, 6.45) is 4.36. The lowest BCUT2D eigenvalue weighted by Crippen LogP contribution is -2.52. The van der Waals surface area contributed by atoms with Gasteiger partial charge in [0.2, 0.25) is 11.8 Å². The molecule has 0 spiro atoms. The van der Waals surface area contributed by atoms with Crippen molar-refractivity contribution < 1.29 is 9.59 Å². The van der Waals surface area contributed by atoms with Gasteiger partial charge >= 0.3 is 0 Å². The second-order valence-corrected chi connectivity index (χ2v) is 4.72. The third-order valence-corrected chi connectivity index (χ3v) is 3.52. The van der Waals surface area contributed by atoms with Crippen LogP contribution in [0.4, 0.5) is 0 Å². The highest BCUT2D eigenvalue weighted by Crippen LogP contribution is 2.28. The van der Waals surface area contributed by atoms with Crippen LogP contribution in [0.15, 0.2) is 0 Å². The van der Waals surface area contributed by atoms with Crippen LogP contribution in [-0.2, 0) is 9.59 Å². The molecular weight excluding hydrogens is 192 g/mol. The van der Waals surface area contributed by atoms with E-state index in [4.69, 9.17) is 5.73 Å². The smallest absolute Gasteiger partial charge is 0.232 e. The van der Waals surface area contributed by atoms with E-state index in [1.54, 1.807) is 0 Å². The van der Waals surface area contributed by atoms with Crippen molar-refractivity contribution in [3.63, 3.8) is 0 Å². The highest BCUT2D eigenvalue weighted by atomic mass is 16.2. The van der Waals surface area contributed by atoms with Crippen molar-refractivity contribution in [2.75, 3.05) is 0 Å². The summed E-state index contributed by atoms with van der Waals surface area (Å²) in [5, 5.41) is 0. The molecule has 2 rings (SSSR count). The number of amides is 2. The van der Waals surface area contributed by atoms with Gasteiger partial charge in [-0.2, -0.15) is 0 Å². The molecule has 1 saturated carbocycles. The van der Waals surface area contributed by atoms with Crippen molar-refractivity contribution in [1.82, 2.24) is 4.90 Å². The molecule has 2 fully saturated rings. The Hall–Kier alpha value is -0.900. The number of rotatable bonds is 1. The molecule has 1 aliphatic heterocycles. The van der Waals surface area contributed by atoms with E-state index in [-0.39, 0.29) is 29.8 Å². The molecule has 0 aromatic carbocycles.